The minimum atomic E-state index is -0.288. The van der Waals surface area contributed by atoms with E-state index in [1.54, 1.807) is 12.1 Å². The number of hydrogen-bond acceptors (Lipinski definition) is 7. The molecule has 29 heavy (non-hydrogen) atoms. The van der Waals surface area contributed by atoms with Crippen molar-refractivity contribution in [1.29, 1.82) is 0 Å². The van der Waals surface area contributed by atoms with Gasteiger partial charge in [-0.1, -0.05) is 41.6 Å². The predicted molar refractivity (Wildman–Crippen MR) is 113 cm³/mol. The summed E-state index contributed by atoms with van der Waals surface area (Å²) in [6.45, 7) is 2.37. The largest absolute Gasteiger partial charge is 0.486 e. The first kappa shape index (κ1) is 19.4. The molecule has 0 saturated heterocycles. The predicted octanol–water partition coefficient (Wildman–Crippen LogP) is 4.43. The van der Waals surface area contributed by atoms with Crippen molar-refractivity contribution in [3.05, 3.63) is 76.0 Å². The standard InChI is InChI=1S/C20H18FN5OS2/c1-13-2-4-14(5-3-13)19-24-25-20(26(19)22)29-12-16-11-28-18(23-16)10-27-17-8-6-15(21)7-9-17/h2-9,11H,10,12,22H2,1H3. The van der Waals surface area contributed by atoms with Crippen molar-refractivity contribution in [2.45, 2.75) is 24.4 Å². The van der Waals surface area contributed by atoms with Gasteiger partial charge in [0, 0.05) is 16.7 Å². The molecule has 0 saturated carbocycles. The van der Waals surface area contributed by atoms with E-state index < -0.39 is 0 Å². The van der Waals surface area contributed by atoms with Crippen LogP contribution in [0.15, 0.2) is 59.1 Å². The molecule has 0 aliphatic carbocycles. The smallest absolute Gasteiger partial charge is 0.210 e. The first-order valence-corrected chi connectivity index (χ1v) is 10.7. The molecule has 4 rings (SSSR count). The maximum atomic E-state index is 12.9. The van der Waals surface area contributed by atoms with Crippen LogP contribution in [0.2, 0.25) is 0 Å². The monoisotopic (exact) mass is 427 g/mol. The summed E-state index contributed by atoms with van der Waals surface area (Å²) in [7, 11) is 0. The van der Waals surface area contributed by atoms with Crippen LogP contribution >= 0.6 is 23.1 Å². The first-order valence-electron chi connectivity index (χ1n) is 8.80. The first-order chi connectivity index (χ1) is 14.1. The number of thioether (sulfide) groups is 1. The molecule has 2 aromatic carbocycles. The van der Waals surface area contributed by atoms with Crippen LogP contribution in [0.4, 0.5) is 4.39 Å². The second-order valence-electron chi connectivity index (χ2n) is 6.31. The van der Waals surface area contributed by atoms with Crippen LogP contribution in [-0.2, 0) is 12.4 Å². The molecule has 2 heterocycles. The third kappa shape index (κ3) is 4.75. The third-order valence-electron chi connectivity index (χ3n) is 4.10. The van der Waals surface area contributed by atoms with Gasteiger partial charge in [-0.2, -0.15) is 0 Å². The molecule has 0 fully saturated rings. The molecule has 0 amide bonds. The molecule has 148 valence electrons. The van der Waals surface area contributed by atoms with Gasteiger partial charge in [0.15, 0.2) is 5.82 Å². The van der Waals surface area contributed by atoms with Gasteiger partial charge in [0.2, 0.25) is 5.16 Å². The topological polar surface area (TPSA) is 78.9 Å². The van der Waals surface area contributed by atoms with Gasteiger partial charge in [0.25, 0.3) is 0 Å². The van der Waals surface area contributed by atoms with Gasteiger partial charge in [-0.05, 0) is 31.2 Å². The Labute approximate surface area is 175 Å². The fourth-order valence-electron chi connectivity index (χ4n) is 2.57. The molecule has 0 radical (unpaired) electrons. The molecule has 0 unspecified atom stereocenters. The highest BCUT2D eigenvalue weighted by molar-refractivity contribution is 7.98. The Balaban J connectivity index is 1.35. The highest BCUT2D eigenvalue weighted by atomic mass is 32.2. The molecule has 6 nitrogen and oxygen atoms in total. The summed E-state index contributed by atoms with van der Waals surface area (Å²) in [6, 6.07) is 13.9. The summed E-state index contributed by atoms with van der Waals surface area (Å²) in [5, 5.41) is 11.8. The summed E-state index contributed by atoms with van der Waals surface area (Å²) in [4.78, 5) is 4.56. The van der Waals surface area contributed by atoms with Crippen LogP contribution in [0, 0.1) is 12.7 Å². The van der Waals surface area contributed by atoms with Crippen LogP contribution in [0.5, 0.6) is 5.75 Å². The molecule has 0 atom stereocenters. The molecule has 2 N–H and O–H groups in total. The normalized spacial score (nSPS) is 11.0. The van der Waals surface area contributed by atoms with Crippen LogP contribution in [0.3, 0.4) is 0 Å². The van der Waals surface area contributed by atoms with E-state index in [9.17, 15) is 4.39 Å². The van der Waals surface area contributed by atoms with E-state index in [0.29, 0.717) is 29.1 Å². The number of nitrogens with zero attached hydrogens (tertiary/aromatic N) is 4. The van der Waals surface area contributed by atoms with Crippen LogP contribution in [0.1, 0.15) is 16.3 Å². The number of nitrogen functional groups attached to an aromatic ring is 1. The molecule has 4 aromatic rings. The lowest BCUT2D eigenvalue weighted by Gasteiger charge is -2.04. The number of aromatic nitrogens is 4. The Kier molecular flexibility index (Phi) is 5.77. The second-order valence-corrected chi connectivity index (χ2v) is 8.19. The zero-order valence-electron chi connectivity index (χ0n) is 15.6. The van der Waals surface area contributed by atoms with Gasteiger partial charge in [0.1, 0.15) is 23.2 Å². The van der Waals surface area contributed by atoms with Crippen molar-refractivity contribution >= 4 is 23.1 Å². The van der Waals surface area contributed by atoms with E-state index in [1.165, 1.54) is 45.5 Å². The SMILES string of the molecule is Cc1ccc(-c2nnc(SCc3csc(COc4ccc(F)cc4)n3)n2N)cc1. The summed E-state index contributed by atoms with van der Waals surface area (Å²) < 4.78 is 20.1. The molecule has 9 heteroatoms. The number of ether oxygens (including phenoxy) is 1. The number of thiazole rings is 1. The minimum Gasteiger partial charge on any atom is -0.486 e. The molecule has 0 bridgehead atoms. The van der Waals surface area contributed by atoms with E-state index in [4.69, 9.17) is 10.6 Å². The van der Waals surface area contributed by atoms with Crippen LogP contribution in [0.25, 0.3) is 11.4 Å². The summed E-state index contributed by atoms with van der Waals surface area (Å²) in [5.41, 5.74) is 3.01. The molecule has 2 aromatic heterocycles. The zero-order valence-corrected chi connectivity index (χ0v) is 17.2. The fourth-order valence-corrected chi connectivity index (χ4v) is 4.13. The molecular formula is C20H18FN5OS2. The lowest BCUT2D eigenvalue weighted by molar-refractivity contribution is 0.305. The fraction of sp³-hybridized carbons (Fsp3) is 0.150. The summed E-state index contributed by atoms with van der Waals surface area (Å²) in [5.74, 6) is 7.74. The Morgan fingerprint density at radius 3 is 2.62 bits per heavy atom. The number of rotatable bonds is 7. The molecule has 0 spiro atoms. The maximum Gasteiger partial charge on any atom is 0.210 e. The number of halogens is 1. The Morgan fingerprint density at radius 1 is 1.10 bits per heavy atom. The van der Waals surface area contributed by atoms with Crippen LogP contribution < -0.4 is 10.6 Å². The average Bonchev–Trinajstić information content (AvgIpc) is 3.33. The summed E-state index contributed by atoms with van der Waals surface area (Å²) in [6.07, 6.45) is 0. The van der Waals surface area contributed by atoms with E-state index >= 15 is 0 Å². The lowest BCUT2D eigenvalue weighted by atomic mass is 10.1. The molecule has 0 aliphatic heterocycles. The van der Waals surface area contributed by atoms with Gasteiger partial charge < -0.3 is 10.6 Å². The van der Waals surface area contributed by atoms with Crippen molar-refractivity contribution in [2.75, 3.05) is 5.84 Å². The Hall–Kier alpha value is -2.91. The van der Waals surface area contributed by atoms with Gasteiger partial charge in [-0.15, -0.1) is 21.5 Å². The van der Waals surface area contributed by atoms with E-state index in [2.05, 4.69) is 15.2 Å². The number of benzene rings is 2. The highest BCUT2D eigenvalue weighted by Gasteiger charge is 2.13. The second kappa shape index (κ2) is 8.62. The van der Waals surface area contributed by atoms with E-state index in [0.717, 1.165) is 16.3 Å². The quantitative estimate of drug-likeness (QED) is 0.347. The highest BCUT2D eigenvalue weighted by Crippen LogP contribution is 2.25. The lowest BCUT2D eigenvalue weighted by Crippen LogP contribution is -2.11. The van der Waals surface area contributed by atoms with Crippen molar-refractivity contribution in [3.8, 4) is 17.1 Å². The number of nitrogens with two attached hydrogens (primary N) is 1. The van der Waals surface area contributed by atoms with Crippen molar-refractivity contribution in [3.63, 3.8) is 0 Å². The maximum absolute atomic E-state index is 12.9. The van der Waals surface area contributed by atoms with Crippen molar-refractivity contribution in [2.24, 2.45) is 0 Å². The minimum absolute atomic E-state index is 0.288. The van der Waals surface area contributed by atoms with Gasteiger partial charge >= 0.3 is 0 Å². The average molecular weight is 428 g/mol. The van der Waals surface area contributed by atoms with Crippen molar-refractivity contribution in [1.82, 2.24) is 19.9 Å². The molecular weight excluding hydrogens is 409 g/mol. The zero-order chi connectivity index (χ0) is 20.2. The number of aryl methyl sites for hydroxylation is 1. The molecule has 0 aliphatic rings. The third-order valence-corrected chi connectivity index (χ3v) is 5.95. The van der Waals surface area contributed by atoms with Crippen molar-refractivity contribution < 1.29 is 9.13 Å². The Morgan fingerprint density at radius 2 is 1.86 bits per heavy atom. The van der Waals surface area contributed by atoms with E-state index in [1.807, 2.05) is 36.6 Å². The van der Waals surface area contributed by atoms with E-state index in [-0.39, 0.29) is 5.82 Å². The Bertz CT molecular complexity index is 1090. The van der Waals surface area contributed by atoms with Crippen LogP contribution in [-0.4, -0.2) is 19.9 Å². The van der Waals surface area contributed by atoms with Gasteiger partial charge in [-0.25, -0.2) is 14.1 Å². The number of hydrogen-bond donors (Lipinski definition) is 1. The van der Waals surface area contributed by atoms with Gasteiger partial charge in [0.05, 0.1) is 5.69 Å². The van der Waals surface area contributed by atoms with Gasteiger partial charge in [-0.3, -0.25) is 0 Å². The summed E-state index contributed by atoms with van der Waals surface area (Å²) >= 11 is 2.99.